The third kappa shape index (κ3) is 5.56. The van der Waals surface area contributed by atoms with Crippen LogP contribution in [0.5, 0.6) is 0 Å². The molecule has 0 radical (unpaired) electrons. The van der Waals surface area contributed by atoms with E-state index < -0.39 is 24.6 Å². The number of hydrogen-bond donors (Lipinski definition) is 4. The van der Waals surface area contributed by atoms with E-state index in [1.807, 2.05) is 24.3 Å². The van der Waals surface area contributed by atoms with Crippen LogP contribution in [-0.2, 0) is 14.3 Å². The largest absolute Gasteiger partial charge is 0.481 e. The normalized spacial score (nSPS) is 20.0. The molecule has 1 atom stereocenters. The Kier molecular flexibility index (Phi) is 7.47. The molecular formula is C26H30N2O6. The summed E-state index contributed by atoms with van der Waals surface area (Å²) in [5.74, 6) is -1.50. The number of carboxylic acid groups (broad SMARTS) is 1. The van der Waals surface area contributed by atoms with Gasteiger partial charge in [-0.3, -0.25) is 9.59 Å². The number of hydrogen-bond acceptors (Lipinski definition) is 5. The zero-order valence-electron chi connectivity index (χ0n) is 18.9. The SMILES string of the molecule is O=C(O)CC(O)CNC(=O)C1CCC(NC(=O)OCC2c3ccccc3-c3ccccc32)CC1. The van der Waals surface area contributed by atoms with Gasteiger partial charge >= 0.3 is 12.1 Å². The summed E-state index contributed by atoms with van der Waals surface area (Å²) in [6, 6.07) is 16.3. The van der Waals surface area contributed by atoms with Crippen molar-refractivity contribution in [3.63, 3.8) is 0 Å². The number of amides is 2. The van der Waals surface area contributed by atoms with E-state index in [2.05, 4.69) is 34.9 Å². The van der Waals surface area contributed by atoms with Crippen LogP contribution in [0.4, 0.5) is 4.79 Å². The van der Waals surface area contributed by atoms with Gasteiger partial charge in [-0.2, -0.15) is 0 Å². The Morgan fingerprint density at radius 3 is 2.12 bits per heavy atom. The van der Waals surface area contributed by atoms with Crippen molar-refractivity contribution in [3.05, 3.63) is 59.7 Å². The van der Waals surface area contributed by atoms with Crippen molar-refractivity contribution < 1.29 is 29.3 Å². The number of aliphatic carboxylic acids is 1. The molecule has 0 spiro atoms. The van der Waals surface area contributed by atoms with Crippen LogP contribution in [0.15, 0.2) is 48.5 Å². The number of ether oxygens (including phenoxy) is 1. The topological polar surface area (TPSA) is 125 Å². The van der Waals surface area contributed by atoms with Gasteiger partial charge in [-0.15, -0.1) is 0 Å². The number of nitrogens with one attached hydrogen (secondary N) is 2. The van der Waals surface area contributed by atoms with E-state index in [4.69, 9.17) is 9.84 Å². The number of aliphatic hydroxyl groups is 1. The molecule has 2 aromatic carbocycles. The first-order valence-corrected chi connectivity index (χ1v) is 11.7. The van der Waals surface area contributed by atoms with Crippen LogP contribution >= 0.6 is 0 Å². The minimum atomic E-state index is -1.11. The van der Waals surface area contributed by atoms with Crippen molar-refractivity contribution >= 4 is 18.0 Å². The minimum Gasteiger partial charge on any atom is -0.481 e. The summed E-state index contributed by atoms with van der Waals surface area (Å²) in [4.78, 5) is 35.4. The van der Waals surface area contributed by atoms with E-state index in [0.717, 1.165) is 11.1 Å². The van der Waals surface area contributed by atoms with Gasteiger partial charge in [0.2, 0.25) is 5.91 Å². The molecule has 34 heavy (non-hydrogen) atoms. The lowest BCUT2D eigenvalue weighted by atomic mass is 9.85. The van der Waals surface area contributed by atoms with Crippen molar-refractivity contribution in [1.29, 1.82) is 0 Å². The lowest BCUT2D eigenvalue weighted by molar-refractivity contribution is -0.139. The molecule has 8 nitrogen and oxygen atoms in total. The van der Waals surface area contributed by atoms with Gasteiger partial charge in [-0.1, -0.05) is 48.5 Å². The molecule has 0 aliphatic heterocycles. The first kappa shape index (κ1) is 23.8. The fraction of sp³-hybridized carbons (Fsp3) is 0.423. The van der Waals surface area contributed by atoms with Gasteiger partial charge in [0.05, 0.1) is 12.5 Å². The molecule has 2 amide bonds. The van der Waals surface area contributed by atoms with Crippen LogP contribution in [0.1, 0.15) is 49.1 Å². The summed E-state index contributed by atoms with van der Waals surface area (Å²) in [7, 11) is 0. The summed E-state index contributed by atoms with van der Waals surface area (Å²) in [5.41, 5.74) is 4.69. The monoisotopic (exact) mass is 466 g/mol. The predicted octanol–water partition coefficient (Wildman–Crippen LogP) is 3.04. The van der Waals surface area contributed by atoms with Crippen molar-refractivity contribution in [3.8, 4) is 11.1 Å². The van der Waals surface area contributed by atoms with Gasteiger partial charge in [0.15, 0.2) is 0 Å². The minimum absolute atomic E-state index is 0.00839. The number of carboxylic acids is 1. The maximum atomic E-state index is 12.5. The van der Waals surface area contributed by atoms with Gasteiger partial charge in [0, 0.05) is 24.4 Å². The highest BCUT2D eigenvalue weighted by Gasteiger charge is 2.30. The highest BCUT2D eigenvalue weighted by atomic mass is 16.5. The van der Waals surface area contributed by atoms with E-state index in [0.29, 0.717) is 25.7 Å². The first-order chi connectivity index (χ1) is 16.4. The molecule has 8 heteroatoms. The average molecular weight is 467 g/mol. The summed E-state index contributed by atoms with van der Waals surface area (Å²) >= 11 is 0. The number of carbonyl (C=O) groups excluding carboxylic acids is 2. The lowest BCUT2D eigenvalue weighted by Gasteiger charge is -2.28. The molecule has 0 heterocycles. The summed E-state index contributed by atoms with van der Waals surface area (Å²) in [6.07, 6.45) is 0.557. The highest BCUT2D eigenvalue weighted by Crippen LogP contribution is 2.44. The maximum absolute atomic E-state index is 12.5. The van der Waals surface area contributed by atoms with E-state index in [9.17, 15) is 19.5 Å². The van der Waals surface area contributed by atoms with Crippen LogP contribution < -0.4 is 10.6 Å². The number of rotatable bonds is 8. The Bertz CT molecular complexity index is 1000. The van der Waals surface area contributed by atoms with Gasteiger partial charge < -0.3 is 25.6 Å². The van der Waals surface area contributed by atoms with E-state index in [1.54, 1.807) is 0 Å². The van der Waals surface area contributed by atoms with Gasteiger partial charge in [-0.05, 0) is 47.9 Å². The van der Waals surface area contributed by atoms with Gasteiger partial charge in [-0.25, -0.2) is 4.79 Å². The molecule has 4 rings (SSSR count). The van der Waals surface area contributed by atoms with Crippen molar-refractivity contribution in [2.24, 2.45) is 5.92 Å². The molecule has 1 saturated carbocycles. The number of aliphatic hydroxyl groups excluding tert-OH is 1. The molecule has 0 aromatic heterocycles. The third-order valence-electron chi connectivity index (χ3n) is 6.69. The number of carbonyl (C=O) groups is 3. The van der Waals surface area contributed by atoms with Gasteiger partial charge in [0.25, 0.3) is 0 Å². The summed E-state index contributed by atoms with van der Waals surface area (Å²) < 4.78 is 5.61. The summed E-state index contributed by atoms with van der Waals surface area (Å²) in [6.45, 7) is 0.180. The van der Waals surface area contributed by atoms with E-state index in [1.165, 1.54) is 11.1 Å². The van der Waals surface area contributed by atoms with E-state index in [-0.39, 0.29) is 36.9 Å². The van der Waals surface area contributed by atoms with Gasteiger partial charge in [0.1, 0.15) is 6.61 Å². The Balaban J connectivity index is 1.22. The van der Waals surface area contributed by atoms with Crippen LogP contribution in [0, 0.1) is 5.92 Å². The first-order valence-electron chi connectivity index (χ1n) is 11.7. The molecule has 2 aromatic rings. The number of alkyl carbamates (subject to hydrolysis) is 1. The molecule has 2 aliphatic carbocycles. The standard InChI is InChI=1S/C26H30N2O6/c29-18(13-24(30)31)14-27-25(32)16-9-11-17(12-10-16)28-26(33)34-15-23-21-7-3-1-5-19(21)20-6-2-4-8-22(20)23/h1-8,16-18,23,29H,9-15H2,(H,27,32)(H,28,33)(H,30,31). The quantitative estimate of drug-likeness (QED) is 0.474. The van der Waals surface area contributed by atoms with Crippen molar-refractivity contribution in [1.82, 2.24) is 10.6 Å². The Labute approximate surface area is 198 Å². The molecule has 2 aliphatic rings. The Morgan fingerprint density at radius 1 is 0.941 bits per heavy atom. The fourth-order valence-electron chi connectivity index (χ4n) is 4.94. The number of benzene rings is 2. The summed E-state index contributed by atoms with van der Waals surface area (Å²) in [5, 5.41) is 23.8. The number of fused-ring (bicyclic) bond motifs is 3. The predicted molar refractivity (Wildman–Crippen MR) is 125 cm³/mol. The molecular weight excluding hydrogens is 436 g/mol. The Morgan fingerprint density at radius 2 is 1.53 bits per heavy atom. The lowest BCUT2D eigenvalue weighted by Crippen LogP contribution is -2.42. The highest BCUT2D eigenvalue weighted by molar-refractivity contribution is 5.80. The molecule has 0 bridgehead atoms. The molecule has 0 saturated heterocycles. The molecule has 4 N–H and O–H groups in total. The van der Waals surface area contributed by atoms with Crippen molar-refractivity contribution in [2.75, 3.05) is 13.2 Å². The Hall–Kier alpha value is -3.39. The zero-order chi connectivity index (χ0) is 24.1. The second-order valence-corrected chi connectivity index (χ2v) is 9.02. The molecule has 1 fully saturated rings. The molecule has 1 unspecified atom stereocenters. The van der Waals surface area contributed by atoms with Crippen LogP contribution in [0.2, 0.25) is 0 Å². The average Bonchev–Trinajstić information content (AvgIpc) is 3.15. The zero-order valence-corrected chi connectivity index (χ0v) is 18.9. The van der Waals surface area contributed by atoms with E-state index >= 15 is 0 Å². The smallest absolute Gasteiger partial charge is 0.407 e. The van der Waals surface area contributed by atoms with Crippen LogP contribution in [0.25, 0.3) is 11.1 Å². The second kappa shape index (κ2) is 10.7. The van der Waals surface area contributed by atoms with Crippen LogP contribution in [0.3, 0.4) is 0 Å². The van der Waals surface area contributed by atoms with Crippen LogP contribution in [-0.4, -0.2) is 53.5 Å². The third-order valence-corrected chi connectivity index (χ3v) is 6.69. The molecule has 180 valence electrons. The fourth-order valence-corrected chi connectivity index (χ4v) is 4.94. The van der Waals surface area contributed by atoms with Crippen molar-refractivity contribution in [2.45, 2.75) is 50.2 Å². The maximum Gasteiger partial charge on any atom is 0.407 e. The second-order valence-electron chi connectivity index (χ2n) is 9.02.